The molecule has 0 saturated carbocycles. The van der Waals surface area contributed by atoms with Crippen molar-refractivity contribution in [2.45, 2.75) is 12.8 Å². The molecule has 0 amide bonds. The van der Waals surface area contributed by atoms with Crippen LogP contribution in [0.15, 0.2) is 58.3 Å². The number of benzene rings is 2. The first-order valence-electron chi connectivity index (χ1n) is 6.51. The number of aromatic nitrogens is 2. The maximum absolute atomic E-state index is 11.2. The molecular formula is C16H14N2O2. The number of rotatable bonds is 3. The quantitative estimate of drug-likeness (QED) is 0.712. The highest BCUT2D eigenvalue weighted by molar-refractivity contribution is 5.82. The van der Waals surface area contributed by atoms with Gasteiger partial charge in [-0.05, 0) is 29.2 Å². The Balaban J connectivity index is 1.81. The zero-order chi connectivity index (χ0) is 13.9. The normalized spacial score (nSPS) is 10.8. The summed E-state index contributed by atoms with van der Waals surface area (Å²) < 4.78 is 0. The minimum absolute atomic E-state index is 0.596. The van der Waals surface area contributed by atoms with E-state index in [1.54, 1.807) is 6.20 Å². The Kier molecular flexibility index (Phi) is 3.21. The van der Waals surface area contributed by atoms with Crippen molar-refractivity contribution in [2.75, 3.05) is 0 Å². The van der Waals surface area contributed by atoms with E-state index in [1.165, 1.54) is 16.3 Å². The van der Waals surface area contributed by atoms with E-state index in [1.807, 2.05) is 12.1 Å². The second kappa shape index (κ2) is 5.17. The molecule has 0 aliphatic heterocycles. The second-order valence-electron chi connectivity index (χ2n) is 4.78. The van der Waals surface area contributed by atoms with Gasteiger partial charge >= 0.3 is 11.1 Å². The summed E-state index contributed by atoms with van der Waals surface area (Å²) in [5, 5.41) is 2.42. The summed E-state index contributed by atoms with van der Waals surface area (Å²) in [6.07, 6.45) is 3.06. The molecule has 0 bridgehead atoms. The molecule has 2 aromatic carbocycles. The Labute approximate surface area is 115 Å². The number of aromatic amines is 2. The number of hydrogen-bond donors (Lipinski definition) is 2. The van der Waals surface area contributed by atoms with Crippen LogP contribution in [0.3, 0.4) is 0 Å². The number of nitrogens with one attached hydrogen (secondary N) is 2. The van der Waals surface area contributed by atoms with E-state index in [-0.39, 0.29) is 0 Å². The van der Waals surface area contributed by atoms with E-state index in [4.69, 9.17) is 0 Å². The van der Waals surface area contributed by atoms with Crippen LogP contribution in [-0.4, -0.2) is 9.97 Å². The van der Waals surface area contributed by atoms with Gasteiger partial charge in [-0.3, -0.25) is 9.59 Å². The van der Waals surface area contributed by atoms with Gasteiger partial charge in [0.05, 0.1) is 0 Å². The van der Waals surface area contributed by atoms with E-state index >= 15 is 0 Å². The SMILES string of the molecule is O=c1[nH]cc(CCc2ccc3ccccc3c2)[nH]c1=O. The summed E-state index contributed by atoms with van der Waals surface area (Å²) in [6.45, 7) is 0. The molecule has 20 heavy (non-hydrogen) atoms. The van der Waals surface area contributed by atoms with E-state index in [2.05, 4.69) is 40.3 Å². The van der Waals surface area contributed by atoms with Gasteiger partial charge in [0, 0.05) is 11.9 Å². The molecule has 0 aliphatic rings. The summed E-state index contributed by atoms with van der Waals surface area (Å²) in [5.41, 5.74) is 0.735. The van der Waals surface area contributed by atoms with Gasteiger partial charge in [0.15, 0.2) is 0 Å². The van der Waals surface area contributed by atoms with Crippen molar-refractivity contribution in [2.24, 2.45) is 0 Å². The first kappa shape index (κ1) is 12.4. The maximum atomic E-state index is 11.2. The molecule has 1 heterocycles. The molecule has 0 unspecified atom stereocenters. The topological polar surface area (TPSA) is 65.7 Å². The summed E-state index contributed by atoms with van der Waals surface area (Å²) in [4.78, 5) is 27.2. The Bertz CT molecular complexity index is 862. The average molecular weight is 266 g/mol. The fourth-order valence-corrected chi connectivity index (χ4v) is 2.26. The van der Waals surface area contributed by atoms with Crippen molar-refractivity contribution in [1.29, 1.82) is 0 Å². The molecule has 0 atom stereocenters. The van der Waals surface area contributed by atoms with Crippen molar-refractivity contribution >= 4 is 10.8 Å². The Morgan fingerprint density at radius 3 is 2.45 bits per heavy atom. The van der Waals surface area contributed by atoms with Crippen LogP contribution in [0, 0.1) is 0 Å². The Hall–Kier alpha value is -2.62. The van der Waals surface area contributed by atoms with Gasteiger partial charge in [-0.2, -0.15) is 0 Å². The van der Waals surface area contributed by atoms with Crippen LogP contribution < -0.4 is 11.1 Å². The summed E-state index contributed by atoms with van der Waals surface area (Å²) in [6, 6.07) is 14.5. The van der Waals surface area contributed by atoms with Gasteiger partial charge in [0.2, 0.25) is 0 Å². The number of hydrogen-bond acceptors (Lipinski definition) is 2. The highest BCUT2D eigenvalue weighted by atomic mass is 16.2. The molecule has 100 valence electrons. The number of fused-ring (bicyclic) bond motifs is 1. The average Bonchev–Trinajstić information content (AvgIpc) is 2.48. The van der Waals surface area contributed by atoms with Crippen molar-refractivity contribution in [3.63, 3.8) is 0 Å². The molecule has 0 spiro atoms. The smallest absolute Gasteiger partial charge is 0.313 e. The zero-order valence-corrected chi connectivity index (χ0v) is 10.8. The van der Waals surface area contributed by atoms with Crippen molar-refractivity contribution in [1.82, 2.24) is 9.97 Å². The van der Waals surface area contributed by atoms with Gasteiger partial charge in [-0.1, -0.05) is 42.5 Å². The van der Waals surface area contributed by atoms with Crippen LogP contribution in [0.4, 0.5) is 0 Å². The highest BCUT2D eigenvalue weighted by Crippen LogP contribution is 2.16. The van der Waals surface area contributed by atoms with Crippen LogP contribution in [0.25, 0.3) is 10.8 Å². The Morgan fingerprint density at radius 2 is 1.65 bits per heavy atom. The molecule has 0 saturated heterocycles. The molecule has 2 N–H and O–H groups in total. The molecule has 0 fully saturated rings. The van der Waals surface area contributed by atoms with Gasteiger partial charge < -0.3 is 9.97 Å². The van der Waals surface area contributed by atoms with Crippen molar-refractivity contribution < 1.29 is 0 Å². The molecule has 4 heteroatoms. The summed E-state index contributed by atoms with van der Waals surface area (Å²) >= 11 is 0. The van der Waals surface area contributed by atoms with Crippen LogP contribution in [0.1, 0.15) is 11.3 Å². The number of aryl methyl sites for hydroxylation is 2. The zero-order valence-electron chi connectivity index (χ0n) is 10.8. The summed E-state index contributed by atoms with van der Waals surface area (Å²) in [5.74, 6) is 0. The van der Waals surface area contributed by atoms with Crippen LogP contribution >= 0.6 is 0 Å². The third kappa shape index (κ3) is 2.54. The lowest BCUT2D eigenvalue weighted by molar-refractivity contribution is 0.877. The van der Waals surface area contributed by atoms with Crippen molar-refractivity contribution in [3.8, 4) is 0 Å². The first-order chi connectivity index (χ1) is 9.72. The summed E-state index contributed by atoms with van der Waals surface area (Å²) in [7, 11) is 0. The second-order valence-corrected chi connectivity index (χ2v) is 4.78. The predicted molar refractivity (Wildman–Crippen MR) is 79.0 cm³/mol. The minimum Gasteiger partial charge on any atom is -0.323 e. The third-order valence-electron chi connectivity index (χ3n) is 3.35. The number of H-pyrrole nitrogens is 2. The standard InChI is InChI=1S/C16H14N2O2/c19-15-16(20)18-14(10-17-15)8-6-11-5-7-12-3-1-2-4-13(12)9-11/h1-5,7,9-10H,6,8H2,(H,17,19)(H,18,20). The predicted octanol–water partition coefficient (Wildman–Crippen LogP) is 2.00. The van der Waals surface area contributed by atoms with Gasteiger partial charge in [0.25, 0.3) is 0 Å². The molecule has 1 aromatic heterocycles. The maximum Gasteiger partial charge on any atom is 0.313 e. The third-order valence-corrected chi connectivity index (χ3v) is 3.35. The largest absolute Gasteiger partial charge is 0.323 e. The molecule has 0 aliphatic carbocycles. The fraction of sp³-hybridized carbons (Fsp3) is 0.125. The Morgan fingerprint density at radius 1 is 0.850 bits per heavy atom. The lowest BCUT2D eigenvalue weighted by Crippen LogP contribution is -2.29. The van der Waals surface area contributed by atoms with E-state index in [0.29, 0.717) is 6.42 Å². The van der Waals surface area contributed by atoms with Crippen LogP contribution in [-0.2, 0) is 12.8 Å². The first-order valence-corrected chi connectivity index (χ1v) is 6.51. The fourth-order valence-electron chi connectivity index (χ4n) is 2.26. The molecule has 4 nitrogen and oxygen atoms in total. The molecule has 3 rings (SSSR count). The van der Waals surface area contributed by atoms with Gasteiger partial charge in [0.1, 0.15) is 0 Å². The van der Waals surface area contributed by atoms with Crippen LogP contribution in [0.5, 0.6) is 0 Å². The highest BCUT2D eigenvalue weighted by Gasteiger charge is 2.00. The van der Waals surface area contributed by atoms with Gasteiger partial charge in [-0.25, -0.2) is 0 Å². The van der Waals surface area contributed by atoms with Gasteiger partial charge in [-0.15, -0.1) is 0 Å². The van der Waals surface area contributed by atoms with E-state index in [0.717, 1.165) is 12.1 Å². The molecule has 0 radical (unpaired) electrons. The molecular weight excluding hydrogens is 252 g/mol. The lowest BCUT2D eigenvalue weighted by atomic mass is 10.0. The monoisotopic (exact) mass is 266 g/mol. The van der Waals surface area contributed by atoms with Crippen LogP contribution in [0.2, 0.25) is 0 Å². The van der Waals surface area contributed by atoms with Crippen molar-refractivity contribution in [3.05, 3.63) is 80.6 Å². The molecule has 3 aromatic rings. The lowest BCUT2D eigenvalue weighted by Gasteiger charge is -2.04. The minimum atomic E-state index is -0.612. The van der Waals surface area contributed by atoms with E-state index in [9.17, 15) is 9.59 Å². The van der Waals surface area contributed by atoms with E-state index < -0.39 is 11.1 Å².